The summed E-state index contributed by atoms with van der Waals surface area (Å²) in [4.78, 5) is 32.6. The van der Waals surface area contributed by atoms with Gasteiger partial charge in [-0.25, -0.2) is 4.98 Å². The third-order valence-electron chi connectivity index (χ3n) is 8.74. The summed E-state index contributed by atoms with van der Waals surface area (Å²) in [6.45, 7) is 12.4. The number of thiazole rings is 1. The number of likely N-dealkylation sites (tertiary alicyclic amines) is 1. The second-order valence-corrected chi connectivity index (χ2v) is 12.3. The summed E-state index contributed by atoms with van der Waals surface area (Å²) >= 11 is 1.67. The Morgan fingerprint density at radius 3 is 2.64 bits per heavy atom. The average molecular weight is 594 g/mol. The van der Waals surface area contributed by atoms with Gasteiger partial charge in [0.15, 0.2) is 5.13 Å². The third-order valence-corrected chi connectivity index (χ3v) is 9.66. The van der Waals surface area contributed by atoms with Gasteiger partial charge in [0.1, 0.15) is 11.4 Å². The maximum atomic E-state index is 13.3. The van der Waals surface area contributed by atoms with Crippen molar-refractivity contribution in [2.45, 2.75) is 32.2 Å². The van der Waals surface area contributed by atoms with Crippen molar-refractivity contribution in [1.29, 1.82) is 0 Å². The lowest BCUT2D eigenvalue weighted by atomic mass is 10.0. The molecule has 0 saturated carbocycles. The predicted octanol–water partition coefficient (Wildman–Crippen LogP) is 3.31. The van der Waals surface area contributed by atoms with Gasteiger partial charge in [-0.3, -0.25) is 14.7 Å². The molecule has 0 radical (unpaired) electrons. The first kappa shape index (κ1) is 29.1. The number of morpholine rings is 1. The molecule has 1 N–H and O–H groups in total. The Bertz CT molecular complexity index is 1350. The van der Waals surface area contributed by atoms with Gasteiger partial charge in [0.05, 0.1) is 37.6 Å². The van der Waals surface area contributed by atoms with Crippen LogP contribution in [-0.4, -0.2) is 111 Å². The number of hydrogen-bond donors (Lipinski definition) is 1. The number of aromatic nitrogens is 2. The van der Waals surface area contributed by atoms with Crippen molar-refractivity contribution in [3.05, 3.63) is 41.0 Å². The first-order valence-electron chi connectivity index (χ1n) is 15.3. The molecule has 0 spiro atoms. The van der Waals surface area contributed by atoms with Crippen LogP contribution in [0, 0.1) is 6.92 Å². The number of pyridine rings is 1. The van der Waals surface area contributed by atoms with E-state index in [0.29, 0.717) is 13.0 Å². The van der Waals surface area contributed by atoms with Gasteiger partial charge in [-0.2, -0.15) is 0 Å². The zero-order valence-corrected chi connectivity index (χ0v) is 25.7. The molecule has 1 amide bonds. The SMILES string of the molecule is COc1c(C)cc2cccnc2c1N1CCN(C(CC(=O)NCCN2CCCC2)c2csc(N3CCOCC3)n2)CC1. The molecule has 3 fully saturated rings. The van der Waals surface area contributed by atoms with Gasteiger partial charge in [-0.15, -0.1) is 11.3 Å². The highest BCUT2D eigenvalue weighted by molar-refractivity contribution is 7.13. The van der Waals surface area contributed by atoms with Gasteiger partial charge >= 0.3 is 0 Å². The molecule has 0 bridgehead atoms. The van der Waals surface area contributed by atoms with E-state index in [1.165, 1.54) is 12.8 Å². The highest BCUT2D eigenvalue weighted by atomic mass is 32.1. The van der Waals surface area contributed by atoms with E-state index in [9.17, 15) is 4.79 Å². The van der Waals surface area contributed by atoms with Crippen LogP contribution in [0.15, 0.2) is 29.8 Å². The third kappa shape index (κ3) is 6.49. The van der Waals surface area contributed by atoms with E-state index < -0.39 is 0 Å². The molecule has 226 valence electrons. The fraction of sp³-hybridized carbons (Fsp3) is 0.581. The molecule has 2 aromatic heterocycles. The van der Waals surface area contributed by atoms with Gasteiger partial charge in [0.2, 0.25) is 5.91 Å². The molecular formula is C31H43N7O3S. The molecule has 42 heavy (non-hydrogen) atoms. The first-order valence-corrected chi connectivity index (χ1v) is 16.2. The smallest absolute Gasteiger partial charge is 0.222 e. The average Bonchev–Trinajstić information content (AvgIpc) is 3.73. The highest BCUT2D eigenvalue weighted by Gasteiger charge is 2.31. The van der Waals surface area contributed by atoms with E-state index in [1.54, 1.807) is 18.4 Å². The number of carbonyl (C=O) groups excluding carboxylic acids is 1. The maximum Gasteiger partial charge on any atom is 0.222 e. The summed E-state index contributed by atoms with van der Waals surface area (Å²) in [6.07, 6.45) is 4.78. The van der Waals surface area contributed by atoms with Crippen molar-refractivity contribution < 1.29 is 14.3 Å². The summed E-state index contributed by atoms with van der Waals surface area (Å²) in [5.41, 5.74) is 4.13. The van der Waals surface area contributed by atoms with Crippen molar-refractivity contribution in [3.63, 3.8) is 0 Å². The summed E-state index contributed by atoms with van der Waals surface area (Å²) in [5, 5.41) is 7.50. The van der Waals surface area contributed by atoms with Crippen LogP contribution in [0.5, 0.6) is 5.75 Å². The number of hydrogen-bond acceptors (Lipinski definition) is 10. The Kier molecular flexibility index (Phi) is 9.38. The molecule has 5 heterocycles. The lowest BCUT2D eigenvalue weighted by Gasteiger charge is -2.40. The summed E-state index contributed by atoms with van der Waals surface area (Å²) < 4.78 is 11.4. The van der Waals surface area contributed by atoms with Crippen molar-refractivity contribution in [3.8, 4) is 5.75 Å². The normalized spacial score (nSPS) is 19.4. The number of anilines is 2. The minimum atomic E-state index is -0.0701. The molecule has 1 atom stereocenters. The van der Waals surface area contributed by atoms with Crippen molar-refractivity contribution >= 4 is 39.0 Å². The maximum absolute atomic E-state index is 13.3. The molecule has 11 heteroatoms. The minimum Gasteiger partial charge on any atom is -0.494 e. The number of ether oxygens (including phenoxy) is 2. The Labute approximate surface area is 252 Å². The van der Waals surface area contributed by atoms with Crippen LogP contribution < -0.4 is 19.9 Å². The molecule has 3 aliphatic rings. The number of piperazine rings is 1. The predicted molar refractivity (Wildman–Crippen MR) is 168 cm³/mol. The Morgan fingerprint density at radius 1 is 1.10 bits per heavy atom. The second-order valence-electron chi connectivity index (χ2n) is 11.4. The number of methoxy groups -OCH3 is 1. The molecule has 6 rings (SSSR count). The van der Waals surface area contributed by atoms with E-state index in [-0.39, 0.29) is 11.9 Å². The Balaban J connectivity index is 1.18. The zero-order valence-electron chi connectivity index (χ0n) is 24.9. The molecule has 10 nitrogen and oxygen atoms in total. The van der Waals surface area contributed by atoms with Crippen molar-refractivity contribution in [2.24, 2.45) is 0 Å². The Hall–Kier alpha value is -2.99. The number of nitrogens with one attached hydrogen (secondary N) is 1. The monoisotopic (exact) mass is 593 g/mol. The molecule has 1 unspecified atom stereocenters. The summed E-state index contributed by atoms with van der Waals surface area (Å²) in [7, 11) is 1.74. The molecule has 3 aliphatic heterocycles. The molecule has 3 saturated heterocycles. The molecule has 3 aromatic rings. The van der Waals surface area contributed by atoms with Gasteiger partial charge in [-0.1, -0.05) is 6.07 Å². The standard InChI is InChI=1S/C31H43N7O3S/c1-23-20-24-6-5-7-33-28(24)29(30(23)40-2)37-14-12-36(13-15-37)26(21-27(39)32-8-11-35-9-3-4-10-35)25-22-42-31(34-25)38-16-18-41-19-17-38/h5-7,20,22,26H,3-4,8-19,21H2,1-2H3,(H,32,39). The quantitative estimate of drug-likeness (QED) is 0.381. The number of carbonyl (C=O) groups is 1. The van der Waals surface area contributed by atoms with E-state index in [2.05, 4.69) is 49.4 Å². The van der Waals surface area contributed by atoms with E-state index in [1.807, 2.05) is 12.3 Å². The lowest BCUT2D eigenvalue weighted by Crippen LogP contribution is -2.49. The molecule has 1 aromatic carbocycles. The van der Waals surface area contributed by atoms with Crippen molar-refractivity contribution in [2.75, 3.05) is 95.6 Å². The van der Waals surface area contributed by atoms with Gasteiger partial charge in [0.25, 0.3) is 0 Å². The van der Waals surface area contributed by atoms with Crippen LogP contribution in [0.1, 0.15) is 36.6 Å². The van der Waals surface area contributed by atoms with Crippen LogP contribution in [0.25, 0.3) is 10.9 Å². The number of aryl methyl sites for hydroxylation is 1. The largest absolute Gasteiger partial charge is 0.494 e. The van der Waals surface area contributed by atoms with Gasteiger partial charge in [-0.05, 0) is 50.6 Å². The number of benzene rings is 1. The first-order chi connectivity index (χ1) is 20.6. The topological polar surface area (TPSA) is 86.3 Å². The number of amides is 1. The zero-order chi connectivity index (χ0) is 28.9. The van der Waals surface area contributed by atoms with E-state index in [0.717, 1.165) is 111 Å². The Morgan fingerprint density at radius 2 is 1.88 bits per heavy atom. The van der Waals surface area contributed by atoms with Crippen molar-refractivity contribution in [1.82, 2.24) is 25.1 Å². The lowest BCUT2D eigenvalue weighted by molar-refractivity contribution is -0.122. The van der Waals surface area contributed by atoms with Crippen LogP contribution in [0.2, 0.25) is 0 Å². The molecule has 0 aliphatic carbocycles. The molecular weight excluding hydrogens is 550 g/mol. The second kappa shape index (κ2) is 13.5. The number of rotatable bonds is 10. The fourth-order valence-corrected chi connectivity index (χ4v) is 7.42. The number of fused-ring (bicyclic) bond motifs is 1. The van der Waals surface area contributed by atoms with Crippen LogP contribution >= 0.6 is 11.3 Å². The fourth-order valence-electron chi connectivity index (χ4n) is 6.49. The highest BCUT2D eigenvalue weighted by Crippen LogP contribution is 2.39. The van der Waals surface area contributed by atoms with Crippen LogP contribution in [0.3, 0.4) is 0 Å². The van der Waals surface area contributed by atoms with Crippen LogP contribution in [-0.2, 0) is 9.53 Å². The van der Waals surface area contributed by atoms with E-state index in [4.69, 9.17) is 19.4 Å². The van der Waals surface area contributed by atoms with Gasteiger partial charge in [0, 0.05) is 75.7 Å². The van der Waals surface area contributed by atoms with Crippen LogP contribution in [0.4, 0.5) is 10.8 Å². The minimum absolute atomic E-state index is 0.0701. The summed E-state index contributed by atoms with van der Waals surface area (Å²) in [6, 6.07) is 6.17. The number of nitrogens with zero attached hydrogens (tertiary/aromatic N) is 6. The summed E-state index contributed by atoms with van der Waals surface area (Å²) in [5.74, 6) is 0.983. The van der Waals surface area contributed by atoms with Gasteiger partial charge < -0.3 is 29.5 Å². The van der Waals surface area contributed by atoms with E-state index >= 15 is 0 Å².